The van der Waals surface area contributed by atoms with Gasteiger partial charge < -0.3 is 20.5 Å². The minimum atomic E-state index is -1.22. The van der Waals surface area contributed by atoms with Gasteiger partial charge in [-0.25, -0.2) is 9.59 Å². The standard InChI is InChI=1S/C12H22N2O4/c1-11(2,3)18-10(17)14-12(9(15)16)5-4-7-13-8-6-12/h13H,4-8H2,1-3H3,(H,14,17)(H,15,16)/t12-/m0/s1. The van der Waals surface area contributed by atoms with Crippen molar-refractivity contribution in [1.29, 1.82) is 0 Å². The van der Waals surface area contributed by atoms with E-state index in [4.69, 9.17) is 4.74 Å². The van der Waals surface area contributed by atoms with Crippen molar-refractivity contribution in [2.75, 3.05) is 13.1 Å². The second-order valence-electron chi connectivity index (χ2n) is 5.62. The van der Waals surface area contributed by atoms with Crippen LogP contribution >= 0.6 is 0 Å². The summed E-state index contributed by atoms with van der Waals surface area (Å²) in [6.07, 6.45) is 0.810. The van der Waals surface area contributed by atoms with Crippen LogP contribution in [-0.4, -0.2) is 41.4 Å². The third-order valence-electron chi connectivity index (χ3n) is 2.84. The van der Waals surface area contributed by atoms with Crippen molar-refractivity contribution in [3.63, 3.8) is 0 Å². The molecule has 18 heavy (non-hydrogen) atoms. The molecular formula is C12H22N2O4. The molecule has 0 unspecified atom stereocenters. The molecule has 0 aromatic rings. The first-order valence-corrected chi connectivity index (χ1v) is 6.20. The summed E-state index contributed by atoms with van der Waals surface area (Å²) in [6.45, 7) is 6.57. The van der Waals surface area contributed by atoms with E-state index in [2.05, 4.69) is 10.6 Å². The summed E-state index contributed by atoms with van der Waals surface area (Å²) in [6, 6.07) is 0. The fourth-order valence-electron chi connectivity index (χ4n) is 1.96. The molecule has 104 valence electrons. The van der Waals surface area contributed by atoms with Crippen LogP contribution < -0.4 is 10.6 Å². The second kappa shape index (κ2) is 5.56. The van der Waals surface area contributed by atoms with Crippen LogP contribution in [0.2, 0.25) is 0 Å². The summed E-state index contributed by atoms with van der Waals surface area (Å²) in [5, 5.41) is 15.0. The largest absolute Gasteiger partial charge is 0.480 e. The predicted molar refractivity (Wildman–Crippen MR) is 66.5 cm³/mol. The molecule has 1 fully saturated rings. The summed E-state index contributed by atoms with van der Waals surface area (Å²) in [5.41, 5.74) is -1.85. The zero-order chi connectivity index (χ0) is 13.8. The minimum absolute atomic E-state index is 0.363. The number of nitrogens with one attached hydrogen (secondary N) is 2. The molecule has 0 bridgehead atoms. The van der Waals surface area contributed by atoms with Gasteiger partial charge in [-0.05, 0) is 53.1 Å². The first-order chi connectivity index (χ1) is 8.25. The zero-order valence-electron chi connectivity index (χ0n) is 11.2. The van der Waals surface area contributed by atoms with Gasteiger partial charge in [0.25, 0.3) is 0 Å². The topological polar surface area (TPSA) is 87.7 Å². The summed E-state index contributed by atoms with van der Waals surface area (Å²) < 4.78 is 5.12. The summed E-state index contributed by atoms with van der Waals surface area (Å²) in [4.78, 5) is 23.2. The first-order valence-electron chi connectivity index (χ1n) is 6.20. The Kier molecular flexibility index (Phi) is 4.56. The van der Waals surface area contributed by atoms with E-state index in [-0.39, 0.29) is 0 Å². The third-order valence-corrected chi connectivity index (χ3v) is 2.84. The Balaban J connectivity index is 2.73. The van der Waals surface area contributed by atoms with Crippen molar-refractivity contribution in [3.05, 3.63) is 0 Å². The molecule has 0 spiro atoms. The molecule has 6 nitrogen and oxygen atoms in total. The number of ether oxygens (including phenoxy) is 1. The Morgan fingerprint density at radius 1 is 1.28 bits per heavy atom. The van der Waals surface area contributed by atoms with Gasteiger partial charge in [0.05, 0.1) is 0 Å². The van der Waals surface area contributed by atoms with Crippen LogP contribution in [-0.2, 0) is 9.53 Å². The Labute approximate surface area is 107 Å². The highest BCUT2D eigenvalue weighted by Crippen LogP contribution is 2.21. The van der Waals surface area contributed by atoms with Gasteiger partial charge in [-0.15, -0.1) is 0 Å². The molecule has 1 atom stereocenters. The molecule has 6 heteroatoms. The lowest BCUT2D eigenvalue weighted by Crippen LogP contribution is -2.55. The maximum atomic E-state index is 11.7. The van der Waals surface area contributed by atoms with E-state index in [0.29, 0.717) is 25.8 Å². The molecule has 0 radical (unpaired) electrons. The molecule has 1 heterocycles. The number of alkyl carbamates (subject to hydrolysis) is 1. The monoisotopic (exact) mass is 258 g/mol. The molecule has 3 N–H and O–H groups in total. The lowest BCUT2D eigenvalue weighted by Gasteiger charge is -2.30. The molecule has 0 aliphatic carbocycles. The van der Waals surface area contributed by atoms with Crippen molar-refractivity contribution in [2.45, 2.75) is 51.2 Å². The molecule has 0 saturated carbocycles. The van der Waals surface area contributed by atoms with Crippen LogP contribution in [0.3, 0.4) is 0 Å². The summed E-state index contributed by atoms with van der Waals surface area (Å²) in [7, 11) is 0. The second-order valence-corrected chi connectivity index (χ2v) is 5.62. The van der Waals surface area contributed by atoms with E-state index in [1.54, 1.807) is 20.8 Å². The van der Waals surface area contributed by atoms with Gasteiger partial charge >= 0.3 is 12.1 Å². The number of hydrogen-bond donors (Lipinski definition) is 3. The summed E-state index contributed by atoms with van der Waals surface area (Å²) >= 11 is 0. The maximum Gasteiger partial charge on any atom is 0.408 e. The zero-order valence-corrected chi connectivity index (χ0v) is 11.2. The fraction of sp³-hybridized carbons (Fsp3) is 0.833. The Morgan fingerprint density at radius 3 is 2.50 bits per heavy atom. The van der Waals surface area contributed by atoms with E-state index in [1.165, 1.54) is 0 Å². The van der Waals surface area contributed by atoms with Gasteiger partial charge in [0.1, 0.15) is 11.1 Å². The number of carboxylic acids is 1. The Bertz CT molecular complexity index is 315. The van der Waals surface area contributed by atoms with Gasteiger partial charge in [0.15, 0.2) is 0 Å². The smallest absolute Gasteiger partial charge is 0.408 e. The van der Waals surface area contributed by atoms with Crippen molar-refractivity contribution < 1.29 is 19.4 Å². The number of hydrogen-bond acceptors (Lipinski definition) is 4. The van der Waals surface area contributed by atoms with Crippen molar-refractivity contribution >= 4 is 12.1 Å². The minimum Gasteiger partial charge on any atom is -0.480 e. The number of carbonyl (C=O) groups is 2. The Hall–Kier alpha value is -1.30. The highest BCUT2D eigenvalue weighted by molar-refractivity contribution is 5.84. The van der Waals surface area contributed by atoms with Crippen LogP contribution in [0.4, 0.5) is 4.79 Å². The van der Waals surface area contributed by atoms with Gasteiger partial charge in [0, 0.05) is 0 Å². The molecular weight excluding hydrogens is 236 g/mol. The number of amides is 1. The normalized spacial score (nSPS) is 25.1. The molecule has 1 aliphatic rings. The van der Waals surface area contributed by atoms with Crippen LogP contribution in [0.1, 0.15) is 40.0 Å². The SMILES string of the molecule is CC(C)(C)OC(=O)N[C@@]1(C(=O)O)CCCNCC1. The maximum absolute atomic E-state index is 11.7. The first kappa shape index (κ1) is 14.8. The van der Waals surface area contributed by atoms with E-state index < -0.39 is 23.2 Å². The lowest BCUT2D eigenvalue weighted by atomic mass is 9.91. The van der Waals surface area contributed by atoms with Gasteiger partial charge in [0.2, 0.25) is 0 Å². The number of carboxylic acid groups (broad SMARTS) is 1. The average Bonchev–Trinajstić information content (AvgIpc) is 2.41. The van der Waals surface area contributed by atoms with E-state index in [1.807, 2.05) is 0 Å². The van der Waals surface area contributed by atoms with Crippen molar-refractivity contribution in [2.24, 2.45) is 0 Å². The van der Waals surface area contributed by atoms with Crippen LogP contribution in [0.5, 0.6) is 0 Å². The van der Waals surface area contributed by atoms with Gasteiger partial charge in [-0.2, -0.15) is 0 Å². The highest BCUT2D eigenvalue weighted by atomic mass is 16.6. The Morgan fingerprint density at radius 2 is 1.94 bits per heavy atom. The quantitative estimate of drug-likeness (QED) is 0.690. The van der Waals surface area contributed by atoms with Crippen LogP contribution in [0.25, 0.3) is 0 Å². The third kappa shape index (κ3) is 4.18. The average molecular weight is 258 g/mol. The van der Waals surface area contributed by atoms with Crippen LogP contribution in [0.15, 0.2) is 0 Å². The van der Waals surface area contributed by atoms with Crippen molar-refractivity contribution in [3.8, 4) is 0 Å². The van der Waals surface area contributed by atoms with Crippen LogP contribution in [0, 0.1) is 0 Å². The predicted octanol–water partition coefficient (Wildman–Crippen LogP) is 1.11. The molecule has 1 rings (SSSR count). The summed E-state index contributed by atoms with van der Waals surface area (Å²) in [5.74, 6) is -1.00. The highest BCUT2D eigenvalue weighted by Gasteiger charge is 2.41. The molecule has 0 aromatic heterocycles. The van der Waals surface area contributed by atoms with Gasteiger partial charge in [-0.3, -0.25) is 0 Å². The number of carbonyl (C=O) groups excluding carboxylic acids is 1. The van der Waals surface area contributed by atoms with E-state index in [9.17, 15) is 14.7 Å². The van der Waals surface area contributed by atoms with Gasteiger partial charge in [-0.1, -0.05) is 0 Å². The number of rotatable bonds is 2. The van der Waals surface area contributed by atoms with E-state index >= 15 is 0 Å². The lowest BCUT2D eigenvalue weighted by molar-refractivity contribution is -0.145. The molecule has 1 saturated heterocycles. The van der Waals surface area contributed by atoms with E-state index in [0.717, 1.165) is 6.54 Å². The number of aliphatic carboxylic acids is 1. The fourth-order valence-corrected chi connectivity index (χ4v) is 1.96. The van der Waals surface area contributed by atoms with Crippen molar-refractivity contribution in [1.82, 2.24) is 10.6 Å². The molecule has 1 aliphatic heterocycles. The molecule has 0 aromatic carbocycles. The molecule has 1 amide bonds.